The predicted molar refractivity (Wildman–Crippen MR) is 83.0 cm³/mol. The van der Waals surface area contributed by atoms with Crippen molar-refractivity contribution in [3.63, 3.8) is 0 Å². The number of hydrogen-bond acceptors (Lipinski definition) is 2. The highest BCUT2D eigenvalue weighted by molar-refractivity contribution is 5.84. The minimum atomic E-state index is -0.323. The van der Waals surface area contributed by atoms with Gasteiger partial charge in [-0.15, -0.1) is 0 Å². The molecule has 2 heterocycles. The van der Waals surface area contributed by atoms with Crippen LogP contribution >= 0.6 is 0 Å². The molecular weight excluding hydrogens is 264 g/mol. The maximum Gasteiger partial charge on any atom is 0.222 e. The molecule has 0 spiro atoms. The Morgan fingerprint density at radius 3 is 3.05 bits per heavy atom. The van der Waals surface area contributed by atoms with Gasteiger partial charge in [-0.2, -0.15) is 0 Å². The van der Waals surface area contributed by atoms with E-state index in [1.807, 2.05) is 36.2 Å². The molecule has 1 aromatic carbocycles. The summed E-state index contributed by atoms with van der Waals surface area (Å²) in [5.74, 6) is 0.436. The second kappa shape index (κ2) is 5.90. The van der Waals surface area contributed by atoms with Crippen molar-refractivity contribution < 1.29 is 9.90 Å². The molecule has 1 aromatic heterocycles. The molecule has 0 aliphatic carbocycles. The lowest BCUT2D eigenvalue weighted by Crippen LogP contribution is -2.30. The number of nitrogens with zero attached hydrogens (tertiary/aromatic N) is 1. The smallest absolute Gasteiger partial charge is 0.222 e. The van der Waals surface area contributed by atoms with Crippen molar-refractivity contribution in [3.8, 4) is 0 Å². The minimum absolute atomic E-state index is 0.198. The number of para-hydroxylation sites is 1. The van der Waals surface area contributed by atoms with Gasteiger partial charge >= 0.3 is 0 Å². The summed E-state index contributed by atoms with van der Waals surface area (Å²) >= 11 is 0. The van der Waals surface area contributed by atoms with Crippen LogP contribution in [0, 0.1) is 5.92 Å². The Bertz CT molecular complexity index is 633. The van der Waals surface area contributed by atoms with Gasteiger partial charge in [-0.1, -0.05) is 18.2 Å². The fraction of sp³-hybridized carbons (Fsp3) is 0.471. The first-order valence-electron chi connectivity index (χ1n) is 7.66. The molecule has 4 nitrogen and oxygen atoms in total. The van der Waals surface area contributed by atoms with E-state index in [2.05, 4.69) is 11.1 Å². The highest BCUT2D eigenvalue weighted by Crippen LogP contribution is 2.22. The predicted octanol–water partition coefficient (Wildman–Crippen LogP) is 2.33. The molecule has 112 valence electrons. The van der Waals surface area contributed by atoms with Crippen molar-refractivity contribution in [3.05, 3.63) is 36.0 Å². The number of H-pyrrole nitrogens is 1. The van der Waals surface area contributed by atoms with Gasteiger partial charge in [-0.25, -0.2) is 0 Å². The van der Waals surface area contributed by atoms with Gasteiger partial charge in [0, 0.05) is 42.5 Å². The SMILES string of the molecule is CC(O)C1CCN(C(=O)CCc2c[nH]c3ccccc23)C1. The lowest BCUT2D eigenvalue weighted by molar-refractivity contribution is -0.130. The summed E-state index contributed by atoms with van der Waals surface area (Å²) in [6.45, 7) is 3.29. The van der Waals surface area contributed by atoms with Crippen LogP contribution in [0.1, 0.15) is 25.3 Å². The minimum Gasteiger partial charge on any atom is -0.393 e. The van der Waals surface area contributed by atoms with E-state index in [-0.39, 0.29) is 17.9 Å². The molecule has 1 aliphatic heterocycles. The number of aliphatic hydroxyl groups excluding tert-OH is 1. The zero-order chi connectivity index (χ0) is 14.8. The lowest BCUT2D eigenvalue weighted by Gasteiger charge is -2.17. The average molecular weight is 286 g/mol. The molecule has 0 saturated carbocycles. The number of rotatable bonds is 4. The zero-order valence-electron chi connectivity index (χ0n) is 12.4. The third kappa shape index (κ3) is 2.95. The van der Waals surface area contributed by atoms with Crippen LogP contribution in [0.25, 0.3) is 10.9 Å². The van der Waals surface area contributed by atoms with Crippen molar-refractivity contribution in [2.24, 2.45) is 5.92 Å². The van der Waals surface area contributed by atoms with Crippen LogP contribution < -0.4 is 0 Å². The Hall–Kier alpha value is -1.81. The Morgan fingerprint density at radius 1 is 1.48 bits per heavy atom. The van der Waals surface area contributed by atoms with E-state index in [9.17, 15) is 9.90 Å². The fourth-order valence-corrected chi connectivity index (χ4v) is 3.15. The van der Waals surface area contributed by atoms with Crippen molar-refractivity contribution >= 4 is 16.8 Å². The van der Waals surface area contributed by atoms with E-state index in [1.165, 1.54) is 10.9 Å². The molecule has 1 fully saturated rings. The monoisotopic (exact) mass is 286 g/mol. The van der Waals surface area contributed by atoms with Crippen LogP contribution in [-0.2, 0) is 11.2 Å². The lowest BCUT2D eigenvalue weighted by atomic mass is 10.0. The maximum absolute atomic E-state index is 12.3. The van der Waals surface area contributed by atoms with Crippen LogP contribution in [0.15, 0.2) is 30.5 Å². The number of benzene rings is 1. The molecule has 1 aliphatic rings. The average Bonchev–Trinajstić information content (AvgIpc) is 3.12. The summed E-state index contributed by atoms with van der Waals surface area (Å²) in [5, 5.41) is 10.8. The van der Waals surface area contributed by atoms with Crippen LogP contribution in [0.2, 0.25) is 0 Å². The number of aromatic amines is 1. The number of aliphatic hydroxyl groups is 1. The molecule has 0 bridgehead atoms. The van der Waals surface area contributed by atoms with Gasteiger partial charge in [-0.05, 0) is 31.4 Å². The highest BCUT2D eigenvalue weighted by Gasteiger charge is 2.28. The van der Waals surface area contributed by atoms with Crippen molar-refractivity contribution in [1.82, 2.24) is 9.88 Å². The maximum atomic E-state index is 12.3. The van der Waals surface area contributed by atoms with Crippen molar-refractivity contribution in [2.45, 2.75) is 32.3 Å². The molecule has 4 heteroatoms. The Morgan fingerprint density at radius 2 is 2.29 bits per heavy atom. The van der Waals surface area contributed by atoms with E-state index < -0.39 is 0 Å². The summed E-state index contributed by atoms with van der Waals surface area (Å²) < 4.78 is 0. The summed E-state index contributed by atoms with van der Waals surface area (Å²) in [6, 6.07) is 8.17. The molecule has 1 amide bonds. The van der Waals surface area contributed by atoms with Crippen LogP contribution in [0.5, 0.6) is 0 Å². The number of hydrogen-bond donors (Lipinski definition) is 2. The third-order valence-electron chi connectivity index (χ3n) is 4.54. The molecule has 1 saturated heterocycles. The van der Waals surface area contributed by atoms with Gasteiger partial charge in [0.15, 0.2) is 0 Å². The van der Waals surface area contributed by atoms with Gasteiger partial charge in [0.1, 0.15) is 0 Å². The summed E-state index contributed by atoms with van der Waals surface area (Å²) in [4.78, 5) is 17.4. The Labute approximate surface area is 124 Å². The zero-order valence-corrected chi connectivity index (χ0v) is 12.4. The summed E-state index contributed by atoms with van der Waals surface area (Å²) in [6.07, 6.45) is 3.89. The quantitative estimate of drug-likeness (QED) is 0.906. The number of fused-ring (bicyclic) bond motifs is 1. The first kappa shape index (κ1) is 14.1. The molecule has 0 radical (unpaired) electrons. The first-order valence-corrected chi connectivity index (χ1v) is 7.66. The molecule has 3 rings (SSSR count). The Balaban J connectivity index is 1.59. The molecule has 2 atom stereocenters. The topological polar surface area (TPSA) is 56.3 Å². The highest BCUT2D eigenvalue weighted by atomic mass is 16.3. The molecule has 21 heavy (non-hydrogen) atoms. The number of likely N-dealkylation sites (tertiary alicyclic amines) is 1. The Kier molecular flexibility index (Phi) is 3.97. The van der Waals surface area contributed by atoms with E-state index in [0.717, 1.165) is 24.9 Å². The van der Waals surface area contributed by atoms with Crippen molar-refractivity contribution in [2.75, 3.05) is 13.1 Å². The fourth-order valence-electron chi connectivity index (χ4n) is 3.15. The number of aryl methyl sites for hydroxylation is 1. The van der Waals surface area contributed by atoms with Gasteiger partial charge in [0.2, 0.25) is 5.91 Å². The van der Waals surface area contributed by atoms with Crippen LogP contribution in [0.3, 0.4) is 0 Å². The third-order valence-corrected chi connectivity index (χ3v) is 4.54. The normalized spacial score (nSPS) is 20.1. The van der Waals surface area contributed by atoms with Gasteiger partial charge < -0.3 is 15.0 Å². The first-order chi connectivity index (χ1) is 10.1. The number of aromatic nitrogens is 1. The van der Waals surface area contributed by atoms with Gasteiger partial charge in [-0.3, -0.25) is 4.79 Å². The number of carbonyl (C=O) groups excluding carboxylic acids is 1. The van der Waals surface area contributed by atoms with E-state index in [4.69, 9.17) is 0 Å². The molecular formula is C17H22N2O2. The van der Waals surface area contributed by atoms with E-state index in [1.54, 1.807) is 0 Å². The van der Waals surface area contributed by atoms with Crippen LogP contribution in [-0.4, -0.2) is 40.1 Å². The van der Waals surface area contributed by atoms with Gasteiger partial charge in [0.25, 0.3) is 0 Å². The van der Waals surface area contributed by atoms with Crippen LogP contribution in [0.4, 0.5) is 0 Å². The second-order valence-electron chi connectivity index (χ2n) is 5.99. The second-order valence-corrected chi connectivity index (χ2v) is 5.99. The van der Waals surface area contributed by atoms with E-state index in [0.29, 0.717) is 13.0 Å². The number of amides is 1. The summed E-state index contributed by atoms with van der Waals surface area (Å²) in [7, 11) is 0. The van der Waals surface area contributed by atoms with Gasteiger partial charge in [0.05, 0.1) is 6.10 Å². The summed E-state index contributed by atoms with van der Waals surface area (Å²) in [5.41, 5.74) is 2.32. The molecule has 2 N–H and O–H groups in total. The molecule has 2 unspecified atom stereocenters. The standard InChI is InChI=1S/C17H22N2O2/c1-12(20)14-8-9-19(11-14)17(21)7-6-13-10-18-16-5-3-2-4-15(13)16/h2-5,10,12,14,18,20H,6-9,11H2,1H3. The van der Waals surface area contributed by atoms with E-state index >= 15 is 0 Å². The molecule has 2 aromatic rings. The number of nitrogens with one attached hydrogen (secondary N) is 1. The van der Waals surface area contributed by atoms with Crippen molar-refractivity contribution in [1.29, 1.82) is 0 Å². The number of carbonyl (C=O) groups is 1. The largest absolute Gasteiger partial charge is 0.393 e.